The number of benzene rings is 1. The van der Waals surface area contributed by atoms with Crippen LogP contribution in [0.1, 0.15) is 12.5 Å². The van der Waals surface area contributed by atoms with Crippen molar-refractivity contribution in [3.05, 3.63) is 46.0 Å². The summed E-state index contributed by atoms with van der Waals surface area (Å²) in [7, 11) is 0. The molecule has 0 aliphatic carbocycles. The first-order valence-electron chi connectivity index (χ1n) is 7.88. The molecule has 0 unspecified atom stereocenters. The first kappa shape index (κ1) is 15.9. The number of nitrogens with zero attached hydrogens (tertiary/aromatic N) is 2. The summed E-state index contributed by atoms with van der Waals surface area (Å²) in [6.45, 7) is 2.88. The lowest BCUT2D eigenvalue weighted by Gasteiger charge is -2.26. The highest BCUT2D eigenvalue weighted by Gasteiger charge is 2.72. The molecule has 2 saturated heterocycles. The van der Waals surface area contributed by atoms with Crippen molar-refractivity contribution in [2.75, 3.05) is 11.5 Å². The average Bonchev–Trinajstić information content (AvgIpc) is 3.14. The largest absolute Gasteiger partial charge is 0.393 e. The number of carbonyl (C=O) groups excluding carboxylic acids is 2. The van der Waals surface area contributed by atoms with Crippen molar-refractivity contribution in [1.82, 2.24) is 0 Å². The molecule has 3 aliphatic heterocycles. The molecule has 3 aliphatic rings. The van der Waals surface area contributed by atoms with E-state index in [1.807, 2.05) is 0 Å². The van der Waals surface area contributed by atoms with Gasteiger partial charge in [0, 0.05) is 11.6 Å². The Labute approximate surface area is 142 Å². The maximum atomic E-state index is 13.0. The number of amides is 2. The van der Waals surface area contributed by atoms with Gasteiger partial charge in [0.05, 0.1) is 34.7 Å². The van der Waals surface area contributed by atoms with E-state index in [0.717, 1.165) is 4.90 Å². The Morgan fingerprint density at radius 1 is 1.28 bits per heavy atom. The molecule has 4 rings (SSSR count). The van der Waals surface area contributed by atoms with Crippen LogP contribution in [0.4, 0.5) is 11.4 Å². The minimum Gasteiger partial charge on any atom is -0.393 e. The van der Waals surface area contributed by atoms with Gasteiger partial charge in [-0.25, -0.2) is 4.90 Å². The van der Waals surface area contributed by atoms with Gasteiger partial charge >= 0.3 is 0 Å². The number of aliphatic hydroxyl groups excluding tert-OH is 1. The van der Waals surface area contributed by atoms with E-state index in [1.54, 1.807) is 26.0 Å². The van der Waals surface area contributed by atoms with Gasteiger partial charge in [0.15, 0.2) is 0 Å². The molecule has 0 spiro atoms. The second kappa shape index (κ2) is 4.74. The standard InChI is InChI=1S/C17H16N2O6/c1-9-3-4-10(7-11(9)19(23)24)18-14(21)12-13(15(18)22)17(8-20)6-5-16(12,2)25-17/h3-7,12-13,20H,8H2,1-2H3/t12-,13+,16+,17-/m0/s1. The lowest BCUT2D eigenvalue weighted by atomic mass is 9.73. The molecule has 1 aromatic carbocycles. The summed E-state index contributed by atoms with van der Waals surface area (Å²) in [5.41, 5.74) is -1.73. The third-order valence-electron chi connectivity index (χ3n) is 5.45. The Kier molecular flexibility index (Phi) is 3.02. The summed E-state index contributed by atoms with van der Waals surface area (Å²) in [5, 5.41) is 20.9. The summed E-state index contributed by atoms with van der Waals surface area (Å²) in [4.78, 5) is 37.5. The second-order valence-corrected chi connectivity index (χ2v) is 6.93. The molecule has 8 heteroatoms. The van der Waals surface area contributed by atoms with Crippen LogP contribution in [-0.4, -0.2) is 39.7 Å². The molecular formula is C17H16N2O6. The summed E-state index contributed by atoms with van der Waals surface area (Å²) >= 11 is 0. The summed E-state index contributed by atoms with van der Waals surface area (Å²) in [6.07, 6.45) is 3.34. The first-order chi connectivity index (χ1) is 11.7. The molecule has 1 N–H and O–H groups in total. The Bertz CT molecular complexity index is 865. The summed E-state index contributed by atoms with van der Waals surface area (Å²) < 4.78 is 5.83. The predicted molar refractivity (Wildman–Crippen MR) is 85.8 cm³/mol. The zero-order chi connectivity index (χ0) is 18.1. The van der Waals surface area contributed by atoms with Gasteiger partial charge in [0.2, 0.25) is 11.8 Å². The smallest absolute Gasteiger partial charge is 0.274 e. The fourth-order valence-electron chi connectivity index (χ4n) is 4.23. The Balaban J connectivity index is 1.81. The van der Waals surface area contributed by atoms with Crippen molar-refractivity contribution >= 4 is 23.2 Å². The average molecular weight is 344 g/mol. The highest BCUT2D eigenvalue weighted by atomic mass is 16.6. The molecule has 0 saturated carbocycles. The fourth-order valence-corrected chi connectivity index (χ4v) is 4.23. The number of hydrogen-bond donors (Lipinski definition) is 1. The third kappa shape index (κ3) is 1.83. The van der Waals surface area contributed by atoms with Crippen molar-refractivity contribution in [2.45, 2.75) is 25.0 Å². The number of imide groups is 1. The van der Waals surface area contributed by atoms with Crippen molar-refractivity contribution in [2.24, 2.45) is 11.8 Å². The number of aryl methyl sites for hydroxylation is 1. The molecule has 0 radical (unpaired) electrons. The van der Waals surface area contributed by atoms with Crippen LogP contribution in [-0.2, 0) is 14.3 Å². The number of aliphatic hydroxyl groups is 1. The number of carbonyl (C=O) groups is 2. The van der Waals surface area contributed by atoms with Crippen molar-refractivity contribution < 1.29 is 24.4 Å². The van der Waals surface area contributed by atoms with Crippen LogP contribution in [0.3, 0.4) is 0 Å². The number of nitro benzene ring substituents is 1. The monoisotopic (exact) mass is 344 g/mol. The van der Waals surface area contributed by atoms with Crippen LogP contribution in [0.2, 0.25) is 0 Å². The molecule has 2 fully saturated rings. The maximum Gasteiger partial charge on any atom is 0.274 e. The van der Waals surface area contributed by atoms with E-state index < -0.39 is 46.4 Å². The highest BCUT2D eigenvalue weighted by molar-refractivity contribution is 6.23. The Morgan fingerprint density at radius 2 is 1.96 bits per heavy atom. The SMILES string of the molecule is Cc1ccc(N2C(=O)[C@@H]3[C@H](C2=O)[C@@]2(CO)C=C[C@@]3(C)O2)cc1[N+](=O)[O-]. The van der Waals surface area contributed by atoms with Crippen LogP contribution in [0.15, 0.2) is 30.4 Å². The van der Waals surface area contributed by atoms with E-state index >= 15 is 0 Å². The highest BCUT2D eigenvalue weighted by Crippen LogP contribution is 2.57. The molecule has 4 atom stereocenters. The minimum atomic E-state index is -1.21. The van der Waals surface area contributed by atoms with Gasteiger partial charge in [-0.1, -0.05) is 18.2 Å². The number of nitro groups is 1. The van der Waals surface area contributed by atoms with Gasteiger partial charge in [-0.15, -0.1) is 0 Å². The zero-order valence-electron chi connectivity index (χ0n) is 13.6. The molecular weight excluding hydrogens is 328 g/mol. The van der Waals surface area contributed by atoms with E-state index in [0.29, 0.717) is 5.56 Å². The Morgan fingerprint density at radius 3 is 2.60 bits per heavy atom. The topological polar surface area (TPSA) is 110 Å². The number of anilines is 1. The van der Waals surface area contributed by atoms with Crippen molar-refractivity contribution in [3.8, 4) is 0 Å². The molecule has 2 amide bonds. The van der Waals surface area contributed by atoms with Gasteiger partial charge in [0.1, 0.15) is 5.60 Å². The summed E-state index contributed by atoms with van der Waals surface area (Å²) in [5.74, 6) is -2.55. The molecule has 3 heterocycles. The number of hydrogen-bond acceptors (Lipinski definition) is 6. The van der Waals surface area contributed by atoms with Gasteiger partial charge < -0.3 is 9.84 Å². The lowest BCUT2D eigenvalue weighted by Crippen LogP contribution is -2.43. The van der Waals surface area contributed by atoms with Gasteiger partial charge in [-0.05, 0) is 19.9 Å². The van der Waals surface area contributed by atoms with E-state index in [9.17, 15) is 24.8 Å². The lowest BCUT2D eigenvalue weighted by molar-refractivity contribution is -0.385. The fraction of sp³-hybridized carbons (Fsp3) is 0.412. The van der Waals surface area contributed by atoms with E-state index in [2.05, 4.69) is 0 Å². The van der Waals surface area contributed by atoms with Crippen molar-refractivity contribution in [1.29, 1.82) is 0 Å². The van der Waals surface area contributed by atoms with Crippen LogP contribution in [0.25, 0.3) is 0 Å². The van der Waals surface area contributed by atoms with Crippen LogP contribution in [0, 0.1) is 28.9 Å². The Hall–Kier alpha value is -2.58. The van der Waals surface area contributed by atoms with E-state index in [-0.39, 0.29) is 11.4 Å². The normalized spacial score (nSPS) is 35.6. The van der Waals surface area contributed by atoms with E-state index in [1.165, 1.54) is 18.2 Å². The first-order valence-corrected chi connectivity index (χ1v) is 7.88. The molecule has 25 heavy (non-hydrogen) atoms. The minimum absolute atomic E-state index is 0.157. The molecule has 130 valence electrons. The third-order valence-corrected chi connectivity index (χ3v) is 5.45. The quantitative estimate of drug-likeness (QED) is 0.380. The van der Waals surface area contributed by atoms with Gasteiger partial charge in [-0.3, -0.25) is 19.7 Å². The van der Waals surface area contributed by atoms with Crippen molar-refractivity contribution in [3.63, 3.8) is 0 Å². The maximum absolute atomic E-state index is 13.0. The number of fused-ring (bicyclic) bond motifs is 5. The van der Waals surface area contributed by atoms with Gasteiger partial charge in [-0.2, -0.15) is 0 Å². The van der Waals surface area contributed by atoms with Gasteiger partial charge in [0.25, 0.3) is 5.69 Å². The van der Waals surface area contributed by atoms with Crippen LogP contribution >= 0.6 is 0 Å². The van der Waals surface area contributed by atoms with Crippen LogP contribution in [0.5, 0.6) is 0 Å². The molecule has 2 bridgehead atoms. The number of ether oxygens (including phenoxy) is 1. The molecule has 1 aromatic rings. The predicted octanol–water partition coefficient (Wildman–Crippen LogP) is 1.10. The number of rotatable bonds is 3. The zero-order valence-corrected chi connectivity index (χ0v) is 13.6. The van der Waals surface area contributed by atoms with E-state index in [4.69, 9.17) is 4.74 Å². The molecule has 8 nitrogen and oxygen atoms in total. The molecule has 0 aromatic heterocycles. The van der Waals surface area contributed by atoms with Crippen LogP contribution < -0.4 is 4.90 Å². The second-order valence-electron chi connectivity index (χ2n) is 6.93. The summed E-state index contributed by atoms with van der Waals surface area (Å²) in [6, 6.07) is 4.26.